The summed E-state index contributed by atoms with van der Waals surface area (Å²) >= 11 is 0. The van der Waals surface area contributed by atoms with Crippen molar-refractivity contribution in [2.24, 2.45) is 0 Å². The van der Waals surface area contributed by atoms with Crippen LogP contribution < -0.4 is 5.32 Å². The highest BCUT2D eigenvalue weighted by Gasteiger charge is 2.26. The van der Waals surface area contributed by atoms with E-state index in [4.69, 9.17) is 4.74 Å². The molecule has 18 heavy (non-hydrogen) atoms. The molecule has 0 fully saturated rings. The van der Waals surface area contributed by atoms with E-state index < -0.39 is 0 Å². The fourth-order valence-electron chi connectivity index (χ4n) is 2.29. The van der Waals surface area contributed by atoms with Gasteiger partial charge in [0.1, 0.15) is 5.82 Å². The van der Waals surface area contributed by atoms with E-state index in [0.29, 0.717) is 0 Å². The van der Waals surface area contributed by atoms with Gasteiger partial charge in [-0.2, -0.15) is 0 Å². The Bertz CT molecular complexity index is 392. The first-order valence-electron chi connectivity index (χ1n) is 6.30. The number of ether oxygens (including phenoxy) is 1. The number of rotatable bonds is 5. The molecule has 0 aliphatic heterocycles. The lowest BCUT2D eigenvalue weighted by Gasteiger charge is -2.29. The second-order valence-electron chi connectivity index (χ2n) is 5.49. The van der Waals surface area contributed by atoms with E-state index in [1.54, 1.807) is 13.2 Å². The summed E-state index contributed by atoms with van der Waals surface area (Å²) in [6.07, 6.45) is 0.723. The minimum atomic E-state index is -0.280. The van der Waals surface area contributed by atoms with Gasteiger partial charge in [-0.15, -0.1) is 0 Å². The summed E-state index contributed by atoms with van der Waals surface area (Å²) in [4.78, 5) is 0. The highest BCUT2D eigenvalue weighted by molar-refractivity contribution is 5.34. The zero-order chi connectivity index (χ0) is 13.9. The smallest absolute Gasteiger partial charge is 0.128 e. The normalized spacial score (nSPS) is 13.7. The molecule has 102 valence electrons. The average molecular weight is 253 g/mol. The molecular weight excluding hydrogens is 229 g/mol. The molecule has 1 rings (SSSR count). The molecule has 0 radical (unpaired) electrons. The van der Waals surface area contributed by atoms with Crippen molar-refractivity contribution in [3.63, 3.8) is 0 Å². The van der Waals surface area contributed by atoms with E-state index in [2.05, 4.69) is 5.32 Å². The Kier molecular flexibility index (Phi) is 4.88. The predicted octanol–water partition coefficient (Wildman–Crippen LogP) is 3.52. The molecule has 0 aliphatic rings. The van der Waals surface area contributed by atoms with E-state index >= 15 is 0 Å². The third-order valence-corrected chi connectivity index (χ3v) is 3.43. The number of halogens is 1. The van der Waals surface area contributed by atoms with Crippen molar-refractivity contribution < 1.29 is 9.13 Å². The topological polar surface area (TPSA) is 21.3 Å². The van der Waals surface area contributed by atoms with Crippen molar-refractivity contribution in [3.8, 4) is 0 Å². The van der Waals surface area contributed by atoms with Gasteiger partial charge in [0.2, 0.25) is 0 Å². The maximum absolute atomic E-state index is 14.1. The lowest BCUT2D eigenvalue weighted by molar-refractivity contribution is 0.00714. The van der Waals surface area contributed by atoms with Crippen LogP contribution in [0.25, 0.3) is 0 Å². The molecule has 0 saturated carbocycles. The number of hydrogen-bond donors (Lipinski definition) is 1. The minimum Gasteiger partial charge on any atom is -0.379 e. The maximum atomic E-state index is 14.1. The Labute approximate surface area is 110 Å². The van der Waals surface area contributed by atoms with Crippen LogP contribution in [0, 0.1) is 19.7 Å². The summed E-state index contributed by atoms with van der Waals surface area (Å²) in [5.41, 5.74) is 2.40. The zero-order valence-electron chi connectivity index (χ0n) is 12.2. The monoisotopic (exact) mass is 253 g/mol. The first kappa shape index (κ1) is 15.1. The summed E-state index contributed by atoms with van der Waals surface area (Å²) in [5, 5.41) is 3.19. The molecule has 0 spiro atoms. The van der Waals surface area contributed by atoms with Crippen molar-refractivity contribution in [1.82, 2.24) is 5.32 Å². The van der Waals surface area contributed by atoms with Gasteiger partial charge in [0, 0.05) is 18.7 Å². The second-order valence-corrected chi connectivity index (χ2v) is 5.49. The molecule has 3 heteroatoms. The third-order valence-electron chi connectivity index (χ3n) is 3.43. The van der Waals surface area contributed by atoms with Gasteiger partial charge >= 0.3 is 0 Å². The van der Waals surface area contributed by atoms with Crippen LogP contribution in [0.2, 0.25) is 0 Å². The molecule has 0 aliphatic carbocycles. The lowest BCUT2D eigenvalue weighted by Crippen LogP contribution is -2.31. The van der Waals surface area contributed by atoms with E-state index in [0.717, 1.165) is 23.1 Å². The highest BCUT2D eigenvalue weighted by Crippen LogP contribution is 2.30. The van der Waals surface area contributed by atoms with Gasteiger partial charge in [-0.05, 0) is 58.4 Å². The quantitative estimate of drug-likeness (QED) is 0.867. The van der Waals surface area contributed by atoms with Crippen LogP contribution in [0.15, 0.2) is 12.1 Å². The summed E-state index contributed by atoms with van der Waals surface area (Å²) in [6, 6.07) is 3.57. The number of aryl methyl sites for hydroxylation is 2. The first-order valence-corrected chi connectivity index (χ1v) is 6.30. The Balaban J connectivity index is 3.10. The minimum absolute atomic E-state index is 0.0412. The fourth-order valence-corrected chi connectivity index (χ4v) is 2.29. The molecule has 1 unspecified atom stereocenters. The Morgan fingerprint density at radius 2 is 1.94 bits per heavy atom. The van der Waals surface area contributed by atoms with Gasteiger partial charge in [-0.3, -0.25) is 0 Å². The summed E-state index contributed by atoms with van der Waals surface area (Å²) < 4.78 is 19.6. The van der Waals surface area contributed by atoms with Gasteiger partial charge in [0.15, 0.2) is 0 Å². The van der Waals surface area contributed by atoms with Crippen LogP contribution in [-0.2, 0) is 4.74 Å². The zero-order valence-corrected chi connectivity index (χ0v) is 12.2. The molecule has 0 saturated heterocycles. The van der Waals surface area contributed by atoms with Crippen molar-refractivity contribution >= 4 is 0 Å². The lowest BCUT2D eigenvalue weighted by atomic mass is 9.90. The van der Waals surface area contributed by atoms with Gasteiger partial charge in [-0.1, -0.05) is 6.07 Å². The van der Waals surface area contributed by atoms with Crippen molar-refractivity contribution in [2.75, 3.05) is 14.2 Å². The molecule has 0 aromatic heterocycles. The first-order chi connectivity index (χ1) is 8.30. The highest BCUT2D eigenvalue weighted by atomic mass is 19.1. The molecule has 0 amide bonds. The van der Waals surface area contributed by atoms with E-state index in [1.807, 2.05) is 40.8 Å². The van der Waals surface area contributed by atoms with Gasteiger partial charge in [0.05, 0.1) is 5.60 Å². The molecule has 0 heterocycles. The number of nitrogens with one attached hydrogen (secondary N) is 1. The number of hydrogen-bond acceptors (Lipinski definition) is 2. The van der Waals surface area contributed by atoms with E-state index in [-0.39, 0.29) is 17.5 Å². The average Bonchev–Trinajstić information content (AvgIpc) is 2.26. The number of benzene rings is 1. The largest absolute Gasteiger partial charge is 0.379 e. The SMILES string of the molecule is CNC(CC(C)(C)OC)c1c(C)cc(C)cc1F. The summed E-state index contributed by atoms with van der Waals surface area (Å²) in [5.74, 6) is -0.140. The molecule has 1 aromatic carbocycles. The van der Waals surface area contributed by atoms with Crippen molar-refractivity contribution in [1.29, 1.82) is 0 Å². The van der Waals surface area contributed by atoms with Gasteiger partial charge < -0.3 is 10.1 Å². The van der Waals surface area contributed by atoms with Gasteiger partial charge in [-0.25, -0.2) is 4.39 Å². The molecule has 1 N–H and O–H groups in total. The second kappa shape index (κ2) is 5.81. The van der Waals surface area contributed by atoms with Crippen LogP contribution in [0.5, 0.6) is 0 Å². The Morgan fingerprint density at radius 3 is 2.39 bits per heavy atom. The van der Waals surface area contributed by atoms with Crippen LogP contribution in [-0.4, -0.2) is 19.8 Å². The number of methoxy groups -OCH3 is 1. The molecule has 0 bridgehead atoms. The van der Waals surface area contributed by atoms with Crippen molar-refractivity contribution in [2.45, 2.75) is 45.8 Å². The third kappa shape index (κ3) is 3.53. The predicted molar refractivity (Wildman–Crippen MR) is 73.4 cm³/mol. The van der Waals surface area contributed by atoms with E-state index in [9.17, 15) is 4.39 Å². The van der Waals surface area contributed by atoms with Crippen LogP contribution in [0.3, 0.4) is 0 Å². The van der Waals surface area contributed by atoms with Crippen LogP contribution in [0.1, 0.15) is 43.0 Å². The molecular formula is C15H24FNO. The Hall–Kier alpha value is -0.930. The van der Waals surface area contributed by atoms with E-state index in [1.165, 1.54) is 0 Å². The van der Waals surface area contributed by atoms with Crippen LogP contribution in [0.4, 0.5) is 4.39 Å². The standard InChI is InChI=1S/C15H24FNO/c1-10-7-11(2)14(12(16)8-10)13(17-5)9-15(3,4)18-6/h7-8,13,17H,9H2,1-6H3. The molecule has 1 aromatic rings. The molecule has 1 atom stereocenters. The maximum Gasteiger partial charge on any atom is 0.128 e. The van der Waals surface area contributed by atoms with Crippen molar-refractivity contribution in [3.05, 3.63) is 34.6 Å². The Morgan fingerprint density at radius 1 is 1.33 bits per heavy atom. The summed E-state index contributed by atoms with van der Waals surface area (Å²) in [7, 11) is 3.54. The van der Waals surface area contributed by atoms with Gasteiger partial charge in [0.25, 0.3) is 0 Å². The fraction of sp³-hybridized carbons (Fsp3) is 0.600. The molecule has 2 nitrogen and oxygen atoms in total. The summed E-state index contributed by atoms with van der Waals surface area (Å²) in [6.45, 7) is 7.89. The van der Waals surface area contributed by atoms with Crippen LogP contribution >= 0.6 is 0 Å².